The van der Waals surface area contributed by atoms with E-state index < -0.39 is 27.2 Å². The van der Waals surface area contributed by atoms with Gasteiger partial charge in [0.2, 0.25) is 5.09 Å². The summed E-state index contributed by atoms with van der Waals surface area (Å²) in [6.07, 6.45) is 1.69. The monoisotopic (exact) mass is 409 g/mol. The molecule has 1 fully saturated rings. The zero-order valence-electron chi connectivity index (χ0n) is 15.7. The molecule has 1 aliphatic rings. The minimum atomic E-state index is -3.73. The summed E-state index contributed by atoms with van der Waals surface area (Å²) < 4.78 is 36.9. The topological polar surface area (TPSA) is 117 Å². The van der Waals surface area contributed by atoms with Crippen molar-refractivity contribution in [2.75, 3.05) is 13.1 Å². The van der Waals surface area contributed by atoms with Crippen molar-refractivity contribution in [1.29, 1.82) is 0 Å². The van der Waals surface area contributed by atoms with Crippen LogP contribution >= 0.6 is 0 Å². The molecule has 3 rings (SSSR count). The van der Waals surface area contributed by atoms with E-state index >= 15 is 0 Å². The lowest BCUT2D eigenvalue weighted by Gasteiger charge is -2.37. The summed E-state index contributed by atoms with van der Waals surface area (Å²) in [6, 6.07) is 9.51. The Morgan fingerprint density at radius 1 is 1.21 bits per heavy atom. The van der Waals surface area contributed by atoms with Crippen LogP contribution in [0.5, 0.6) is 5.75 Å². The van der Waals surface area contributed by atoms with Crippen LogP contribution in [0.3, 0.4) is 0 Å². The lowest BCUT2D eigenvalue weighted by Crippen LogP contribution is -2.45. The normalized spacial score (nSPS) is 18.0. The highest BCUT2D eigenvalue weighted by atomic mass is 32.2. The summed E-state index contributed by atoms with van der Waals surface area (Å²) in [5.74, 6) is -0.781. The maximum atomic E-state index is 12.5. The van der Waals surface area contributed by atoms with Gasteiger partial charge >= 0.3 is 5.97 Å². The van der Waals surface area contributed by atoms with Gasteiger partial charge in [-0.3, -0.25) is 0 Å². The van der Waals surface area contributed by atoms with Gasteiger partial charge < -0.3 is 19.4 Å². The summed E-state index contributed by atoms with van der Waals surface area (Å²) in [6.45, 7) is 3.14. The zero-order valence-corrected chi connectivity index (χ0v) is 16.5. The van der Waals surface area contributed by atoms with Crippen molar-refractivity contribution < 1.29 is 32.6 Å². The van der Waals surface area contributed by atoms with E-state index in [4.69, 9.17) is 9.15 Å². The molecule has 0 atom stereocenters. The third-order valence-electron chi connectivity index (χ3n) is 4.90. The van der Waals surface area contributed by atoms with Crippen LogP contribution in [0.1, 0.15) is 32.3 Å². The van der Waals surface area contributed by atoms with Gasteiger partial charge in [-0.25, -0.2) is 13.2 Å². The average molecular weight is 409 g/mol. The second-order valence-electron chi connectivity index (χ2n) is 7.31. The molecule has 0 amide bonds. The summed E-state index contributed by atoms with van der Waals surface area (Å²) in [5, 5.41) is 20.2. The number of rotatable bonds is 6. The number of aliphatic carboxylic acids is 1. The number of carbonyl (C=O) groups is 1. The molecule has 2 aromatic rings. The SMILES string of the molecule is CC(C)(Oc1cccc(C2(O)CCN(S(=O)(=O)c3ccco3)CC2)c1)C(=O)O. The first kappa shape index (κ1) is 20.4. The van der Waals surface area contributed by atoms with Gasteiger partial charge in [-0.1, -0.05) is 12.1 Å². The van der Waals surface area contributed by atoms with Crippen LogP contribution in [0.4, 0.5) is 0 Å². The van der Waals surface area contributed by atoms with E-state index in [1.54, 1.807) is 24.3 Å². The molecule has 152 valence electrons. The lowest BCUT2D eigenvalue weighted by molar-refractivity contribution is -0.152. The molecular weight excluding hydrogens is 386 g/mol. The number of hydrogen-bond donors (Lipinski definition) is 2. The Kier molecular flexibility index (Phi) is 5.26. The molecule has 1 saturated heterocycles. The number of ether oxygens (including phenoxy) is 1. The van der Waals surface area contributed by atoms with Crippen molar-refractivity contribution in [3.8, 4) is 5.75 Å². The molecule has 1 aliphatic heterocycles. The summed E-state index contributed by atoms with van der Waals surface area (Å²) in [4.78, 5) is 11.3. The van der Waals surface area contributed by atoms with E-state index in [9.17, 15) is 23.4 Å². The zero-order chi connectivity index (χ0) is 20.6. The van der Waals surface area contributed by atoms with Crippen LogP contribution in [-0.4, -0.2) is 47.6 Å². The molecule has 0 bridgehead atoms. The Hall–Kier alpha value is -2.36. The van der Waals surface area contributed by atoms with E-state index in [0.29, 0.717) is 11.3 Å². The minimum absolute atomic E-state index is 0.121. The molecule has 28 heavy (non-hydrogen) atoms. The molecule has 0 spiro atoms. The van der Waals surface area contributed by atoms with Gasteiger partial charge in [0, 0.05) is 13.1 Å². The Labute approximate surface area is 163 Å². The number of nitrogens with zero attached hydrogens (tertiary/aromatic N) is 1. The second-order valence-corrected chi connectivity index (χ2v) is 9.18. The third-order valence-corrected chi connectivity index (χ3v) is 6.68. The van der Waals surface area contributed by atoms with Gasteiger partial charge in [0.05, 0.1) is 11.9 Å². The van der Waals surface area contributed by atoms with Crippen molar-refractivity contribution in [3.63, 3.8) is 0 Å². The highest BCUT2D eigenvalue weighted by molar-refractivity contribution is 7.89. The maximum Gasteiger partial charge on any atom is 0.347 e. The van der Waals surface area contributed by atoms with E-state index in [-0.39, 0.29) is 31.0 Å². The van der Waals surface area contributed by atoms with Gasteiger partial charge in [0.1, 0.15) is 5.75 Å². The average Bonchev–Trinajstić information content (AvgIpc) is 3.17. The van der Waals surface area contributed by atoms with Crippen LogP contribution in [0.15, 0.2) is 52.2 Å². The minimum Gasteiger partial charge on any atom is -0.478 e. The first-order valence-corrected chi connectivity index (χ1v) is 10.3. The number of carboxylic acid groups (broad SMARTS) is 1. The molecule has 1 aromatic heterocycles. The molecule has 1 aromatic carbocycles. The van der Waals surface area contributed by atoms with Crippen molar-refractivity contribution in [2.45, 2.75) is 43.0 Å². The Morgan fingerprint density at radius 3 is 2.46 bits per heavy atom. The van der Waals surface area contributed by atoms with Crippen molar-refractivity contribution in [3.05, 3.63) is 48.2 Å². The highest BCUT2D eigenvalue weighted by Crippen LogP contribution is 2.36. The van der Waals surface area contributed by atoms with Gasteiger partial charge in [-0.15, -0.1) is 0 Å². The fourth-order valence-electron chi connectivity index (χ4n) is 3.11. The van der Waals surface area contributed by atoms with E-state index in [1.165, 1.54) is 36.5 Å². The Morgan fingerprint density at radius 2 is 1.89 bits per heavy atom. The molecule has 2 heterocycles. The number of benzene rings is 1. The van der Waals surface area contributed by atoms with E-state index in [1.807, 2.05) is 0 Å². The fourth-order valence-corrected chi connectivity index (χ4v) is 4.46. The van der Waals surface area contributed by atoms with Crippen LogP contribution < -0.4 is 4.74 Å². The van der Waals surface area contributed by atoms with Crippen molar-refractivity contribution >= 4 is 16.0 Å². The smallest absolute Gasteiger partial charge is 0.347 e. The largest absolute Gasteiger partial charge is 0.478 e. The second kappa shape index (κ2) is 7.23. The molecule has 0 radical (unpaired) electrons. The molecule has 0 aliphatic carbocycles. The lowest BCUT2D eigenvalue weighted by atomic mass is 9.85. The van der Waals surface area contributed by atoms with Crippen LogP contribution in [0.25, 0.3) is 0 Å². The molecule has 0 unspecified atom stereocenters. The molecule has 2 N–H and O–H groups in total. The first-order chi connectivity index (χ1) is 13.0. The molecular formula is C19H23NO7S. The molecule has 8 nitrogen and oxygen atoms in total. The number of sulfonamides is 1. The van der Waals surface area contributed by atoms with Crippen molar-refractivity contribution in [1.82, 2.24) is 4.31 Å². The Balaban J connectivity index is 1.75. The van der Waals surface area contributed by atoms with Gasteiger partial charge in [0.25, 0.3) is 10.0 Å². The van der Waals surface area contributed by atoms with Gasteiger partial charge in [-0.2, -0.15) is 4.31 Å². The number of carboxylic acids is 1. The van der Waals surface area contributed by atoms with Gasteiger partial charge in [0.15, 0.2) is 5.60 Å². The van der Waals surface area contributed by atoms with Gasteiger partial charge in [-0.05, 0) is 56.5 Å². The quantitative estimate of drug-likeness (QED) is 0.751. The number of furan rings is 1. The number of hydrogen-bond acceptors (Lipinski definition) is 6. The van der Waals surface area contributed by atoms with Crippen LogP contribution in [-0.2, 0) is 20.4 Å². The fraction of sp³-hybridized carbons (Fsp3) is 0.421. The maximum absolute atomic E-state index is 12.5. The van der Waals surface area contributed by atoms with Crippen LogP contribution in [0, 0.1) is 0 Å². The summed E-state index contributed by atoms with van der Waals surface area (Å²) in [5.41, 5.74) is -2.09. The summed E-state index contributed by atoms with van der Waals surface area (Å²) in [7, 11) is -3.73. The van der Waals surface area contributed by atoms with Crippen molar-refractivity contribution in [2.24, 2.45) is 0 Å². The number of aliphatic hydroxyl groups is 1. The van der Waals surface area contributed by atoms with E-state index in [0.717, 1.165) is 0 Å². The predicted molar refractivity (Wildman–Crippen MR) is 99.4 cm³/mol. The Bertz CT molecular complexity index is 942. The first-order valence-electron chi connectivity index (χ1n) is 8.84. The van der Waals surface area contributed by atoms with E-state index in [2.05, 4.69) is 0 Å². The summed E-state index contributed by atoms with van der Waals surface area (Å²) >= 11 is 0. The molecule has 0 saturated carbocycles. The number of piperidine rings is 1. The molecule has 9 heteroatoms. The standard InChI is InChI=1S/C19H23NO7S/c1-18(2,17(21)22)27-15-6-3-5-14(13-15)19(23)8-10-20(11-9-19)28(24,25)16-7-4-12-26-16/h3-7,12-13,23H,8-11H2,1-2H3,(H,21,22). The predicted octanol–water partition coefficient (Wildman–Crippen LogP) is 2.19. The highest BCUT2D eigenvalue weighted by Gasteiger charge is 2.39. The van der Waals surface area contributed by atoms with Crippen LogP contribution in [0.2, 0.25) is 0 Å². The third kappa shape index (κ3) is 3.91.